The monoisotopic (exact) mass is 419 g/mol. The van der Waals surface area contributed by atoms with Crippen LogP contribution in [0.25, 0.3) is 0 Å². The van der Waals surface area contributed by atoms with E-state index in [-0.39, 0.29) is 12.1 Å². The molecule has 0 spiro atoms. The molecule has 1 heterocycles. The molecule has 1 saturated heterocycles. The van der Waals surface area contributed by atoms with Gasteiger partial charge in [-0.2, -0.15) is 0 Å². The van der Waals surface area contributed by atoms with Gasteiger partial charge in [0.25, 0.3) is 0 Å². The number of carbonyl (C=O) groups excluding carboxylic acids is 1. The highest BCUT2D eigenvalue weighted by Gasteiger charge is 2.43. The van der Waals surface area contributed by atoms with E-state index < -0.39 is 14.5 Å². The Morgan fingerprint density at radius 2 is 1.86 bits per heavy atom. The summed E-state index contributed by atoms with van der Waals surface area (Å²) in [6, 6.07) is 12.9. The van der Waals surface area contributed by atoms with Crippen molar-refractivity contribution in [1.29, 1.82) is 0 Å². The molecule has 0 radical (unpaired) electrons. The summed E-state index contributed by atoms with van der Waals surface area (Å²) in [4.78, 5) is 14.4. The van der Waals surface area contributed by atoms with Crippen molar-refractivity contribution < 1.29 is 18.7 Å². The molecule has 1 amide bonds. The third kappa shape index (κ3) is 5.63. The van der Waals surface area contributed by atoms with Crippen LogP contribution in [0.15, 0.2) is 42.2 Å². The SMILES string of the molecule is CCCC/C=C(\O[Si](CC)(CC)CC)[C@@H](OC)N1C(=O)OC[C@H]1c1ccccc1. The summed E-state index contributed by atoms with van der Waals surface area (Å²) in [5, 5.41) is 0. The number of ether oxygens (including phenoxy) is 2. The normalized spacial score (nSPS) is 18.7. The van der Waals surface area contributed by atoms with Gasteiger partial charge in [0, 0.05) is 7.11 Å². The van der Waals surface area contributed by atoms with E-state index in [2.05, 4.69) is 33.8 Å². The maximum atomic E-state index is 12.7. The van der Waals surface area contributed by atoms with Gasteiger partial charge in [-0.1, -0.05) is 64.4 Å². The quantitative estimate of drug-likeness (QED) is 0.228. The Kier molecular flexibility index (Phi) is 9.24. The summed E-state index contributed by atoms with van der Waals surface area (Å²) in [6.45, 7) is 9.13. The van der Waals surface area contributed by atoms with E-state index in [0.717, 1.165) is 48.7 Å². The highest BCUT2D eigenvalue weighted by molar-refractivity contribution is 6.73. The number of carbonyl (C=O) groups is 1. The van der Waals surface area contributed by atoms with Crippen LogP contribution in [0.2, 0.25) is 18.1 Å². The number of amides is 1. The standard InChI is InChI=1S/C23H37NO4Si/c1-6-10-12-17-21(28-29(7-2,8-3)9-4)22(26-5)24-20(18-27-23(24)25)19-15-13-11-14-16-19/h11,13-17,20,22H,6-10,12,18H2,1-5H3/b21-17-/t20-,22+/m0/s1. The van der Waals surface area contributed by atoms with Gasteiger partial charge < -0.3 is 13.9 Å². The Balaban J connectivity index is 2.39. The van der Waals surface area contributed by atoms with E-state index in [0.29, 0.717) is 6.61 Å². The van der Waals surface area contributed by atoms with Crippen molar-refractivity contribution in [3.05, 3.63) is 47.7 Å². The van der Waals surface area contributed by atoms with Crippen molar-refractivity contribution >= 4 is 14.4 Å². The minimum atomic E-state index is -1.92. The highest BCUT2D eigenvalue weighted by atomic mass is 28.4. The Hall–Kier alpha value is -1.79. The molecule has 1 aromatic carbocycles. The van der Waals surface area contributed by atoms with Gasteiger partial charge in [0.1, 0.15) is 12.4 Å². The second-order valence-corrected chi connectivity index (χ2v) is 12.3. The Labute approximate surface area is 177 Å². The number of hydrogen-bond acceptors (Lipinski definition) is 4. The first-order valence-electron chi connectivity index (χ1n) is 11.0. The van der Waals surface area contributed by atoms with Gasteiger partial charge in [0.05, 0.1) is 6.04 Å². The molecule has 2 rings (SSSR count). The van der Waals surface area contributed by atoms with Gasteiger partial charge in [0.15, 0.2) is 6.23 Å². The van der Waals surface area contributed by atoms with E-state index in [1.807, 2.05) is 30.3 Å². The largest absolute Gasteiger partial charge is 0.543 e. The lowest BCUT2D eigenvalue weighted by Crippen LogP contribution is -2.45. The van der Waals surface area contributed by atoms with Gasteiger partial charge in [-0.15, -0.1) is 0 Å². The van der Waals surface area contributed by atoms with E-state index in [4.69, 9.17) is 13.9 Å². The minimum absolute atomic E-state index is 0.187. The molecule has 0 unspecified atom stereocenters. The third-order valence-corrected chi connectivity index (χ3v) is 10.5. The maximum absolute atomic E-state index is 12.7. The average molecular weight is 420 g/mol. The average Bonchev–Trinajstić information content (AvgIpc) is 3.14. The van der Waals surface area contributed by atoms with Crippen LogP contribution >= 0.6 is 0 Å². The van der Waals surface area contributed by atoms with E-state index in [9.17, 15) is 4.79 Å². The fourth-order valence-corrected chi connectivity index (χ4v) is 6.47. The zero-order valence-electron chi connectivity index (χ0n) is 18.6. The lowest BCUT2D eigenvalue weighted by molar-refractivity contribution is -0.0154. The van der Waals surface area contributed by atoms with E-state index >= 15 is 0 Å². The van der Waals surface area contributed by atoms with Crippen LogP contribution in [0, 0.1) is 0 Å². The first-order valence-corrected chi connectivity index (χ1v) is 13.5. The maximum Gasteiger partial charge on any atom is 0.412 e. The number of hydrogen-bond donors (Lipinski definition) is 0. The molecule has 0 bridgehead atoms. The number of allylic oxidation sites excluding steroid dienone is 1. The van der Waals surface area contributed by atoms with Gasteiger partial charge in [-0.3, -0.25) is 4.90 Å². The van der Waals surface area contributed by atoms with Crippen LogP contribution in [-0.2, 0) is 13.9 Å². The second-order valence-electron chi connectivity index (χ2n) is 7.59. The smallest absolute Gasteiger partial charge is 0.412 e. The van der Waals surface area contributed by atoms with E-state index in [1.54, 1.807) is 12.0 Å². The summed E-state index contributed by atoms with van der Waals surface area (Å²) in [5.41, 5.74) is 1.04. The highest BCUT2D eigenvalue weighted by Crippen LogP contribution is 2.35. The van der Waals surface area contributed by atoms with Crippen molar-refractivity contribution in [2.24, 2.45) is 0 Å². The van der Waals surface area contributed by atoms with Crippen molar-refractivity contribution in [3.63, 3.8) is 0 Å². The lowest BCUT2D eigenvalue weighted by atomic mass is 10.1. The number of methoxy groups -OCH3 is 1. The van der Waals surface area contributed by atoms with Gasteiger partial charge in [0.2, 0.25) is 8.32 Å². The first kappa shape index (κ1) is 23.5. The number of nitrogens with zero attached hydrogens (tertiary/aromatic N) is 1. The zero-order valence-corrected chi connectivity index (χ0v) is 19.6. The first-order chi connectivity index (χ1) is 14.1. The summed E-state index contributed by atoms with van der Waals surface area (Å²) in [5.74, 6) is 0.776. The molecule has 2 atom stereocenters. The Bertz CT molecular complexity index is 652. The fraction of sp³-hybridized carbons (Fsp3) is 0.609. The van der Waals surface area contributed by atoms with Crippen molar-refractivity contribution in [2.45, 2.75) is 77.4 Å². The van der Waals surface area contributed by atoms with Crippen molar-refractivity contribution in [2.75, 3.05) is 13.7 Å². The summed E-state index contributed by atoms with van der Waals surface area (Å²) < 4.78 is 18.1. The molecule has 0 aromatic heterocycles. The summed E-state index contributed by atoms with van der Waals surface area (Å²) >= 11 is 0. The predicted molar refractivity (Wildman–Crippen MR) is 119 cm³/mol. The van der Waals surface area contributed by atoms with Crippen molar-refractivity contribution in [1.82, 2.24) is 4.90 Å². The van der Waals surface area contributed by atoms with Crippen LogP contribution < -0.4 is 0 Å². The van der Waals surface area contributed by atoms with Crippen LogP contribution in [0.4, 0.5) is 4.79 Å². The third-order valence-electron chi connectivity index (χ3n) is 5.99. The molecule has 0 N–H and O–H groups in total. The molecule has 162 valence electrons. The zero-order chi connectivity index (χ0) is 21.3. The number of benzene rings is 1. The van der Waals surface area contributed by atoms with Gasteiger partial charge in [-0.05, 0) is 42.6 Å². The predicted octanol–water partition coefficient (Wildman–Crippen LogP) is 6.25. The van der Waals surface area contributed by atoms with Gasteiger partial charge in [-0.25, -0.2) is 4.79 Å². The van der Waals surface area contributed by atoms with Crippen LogP contribution in [0.1, 0.15) is 58.6 Å². The number of rotatable bonds is 12. The second kappa shape index (κ2) is 11.4. The number of cyclic esters (lactones) is 1. The van der Waals surface area contributed by atoms with Crippen molar-refractivity contribution in [3.8, 4) is 0 Å². The summed E-state index contributed by atoms with van der Waals surface area (Å²) in [6.07, 6.45) is 4.29. The molecule has 29 heavy (non-hydrogen) atoms. The number of unbranched alkanes of at least 4 members (excludes halogenated alkanes) is 2. The van der Waals surface area contributed by atoms with Crippen LogP contribution in [0.5, 0.6) is 0 Å². The topological polar surface area (TPSA) is 48.0 Å². The minimum Gasteiger partial charge on any atom is -0.543 e. The molecule has 6 heteroatoms. The fourth-order valence-electron chi connectivity index (χ4n) is 3.85. The molecule has 1 fully saturated rings. The molecule has 0 aliphatic carbocycles. The molecular formula is C23H37NO4Si. The Morgan fingerprint density at radius 1 is 1.21 bits per heavy atom. The molecular weight excluding hydrogens is 382 g/mol. The molecule has 0 saturated carbocycles. The molecule has 5 nitrogen and oxygen atoms in total. The van der Waals surface area contributed by atoms with Crippen LogP contribution in [0.3, 0.4) is 0 Å². The molecule has 1 aliphatic rings. The summed E-state index contributed by atoms with van der Waals surface area (Å²) in [7, 11) is -0.280. The lowest BCUT2D eigenvalue weighted by Gasteiger charge is -2.37. The van der Waals surface area contributed by atoms with Gasteiger partial charge >= 0.3 is 6.09 Å². The van der Waals surface area contributed by atoms with Crippen LogP contribution in [-0.4, -0.2) is 39.3 Å². The molecule has 1 aromatic rings. The van der Waals surface area contributed by atoms with E-state index in [1.165, 1.54) is 0 Å². The Morgan fingerprint density at radius 3 is 2.41 bits per heavy atom. The molecule has 1 aliphatic heterocycles.